The zero-order chi connectivity index (χ0) is 7.56. The van der Waals surface area contributed by atoms with E-state index in [2.05, 4.69) is 10.1 Å². The summed E-state index contributed by atoms with van der Waals surface area (Å²) in [5, 5.41) is 11.9. The number of carboxylic acid groups (broad SMARTS) is 1. The SMILES string of the molecule is NC(C(=O)O)n1cncn1. The summed E-state index contributed by atoms with van der Waals surface area (Å²) in [7, 11) is 0. The Kier molecular flexibility index (Phi) is 1.63. The summed E-state index contributed by atoms with van der Waals surface area (Å²) in [4.78, 5) is 13.7. The molecular weight excluding hydrogens is 136 g/mol. The number of hydrogen-bond donors (Lipinski definition) is 2. The standard InChI is InChI=1S/C4H6N4O2/c5-3(4(9)10)8-2-6-1-7-8/h1-3H,5H2,(H,9,10). The smallest absolute Gasteiger partial charge is 0.343 e. The highest BCUT2D eigenvalue weighted by Crippen LogP contribution is 1.92. The second kappa shape index (κ2) is 2.44. The first-order valence-electron chi connectivity index (χ1n) is 2.54. The summed E-state index contributed by atoms with van der Waals surface area (Å²) in [6, 6.07) is 0. The van der Waals surface area contributed by atoms with E-state index in [0.717, 1.165) is 4.68 Å². The largest absolute Gasteiger partial charge is 0.479 e. The molecule has 0 bridgehead atoms. The maximum Gasteiger partial charge on any atom is 0.343 e. The Morgan fingerprint density at radius 1 is 1.80 bits per heavy atom. The average molecular weight is 142 g/mol. The maximum atomic E-state index is 10.2. The number of aliphatic carboxylic acids is 1. The highest BCUT2D eigenvalue weighted by atomic mass is 16.4. The van der Waals surface area contributed by atoms with E-state index in [1.165, 1.54) is 12.7 Å². The van der Waals surface area contributed by atoms with E-state index in [4.69, 9.17) is 10.8 Å². The van der Waals surface area contributed by atoms with Crippen LogP contribution in [0.2, 0.25) is 0 Å². The molecule has 1 aromatic heterocycles. The Bertz CT molecular complexity index is 219. The van der Waals surface area contributed by atoms with E-state index in [1.807, 2.05) is 0 Å². The van der Waals surface area contributed by atoms with Crippen molar-refractivity contribution < 1.29 is 9.90 Å². The number of hydrogen-bond acceptors (Lipinski definition) is 4. The molecule has 0 aliphatic heterocycles. The number of rotatable bonds is 2. The van der Waals surface area contributed by atoms with Crippen LogP contribution in [0.5, 0.6) is 0 Å². The molecule has 0 aliphatic carbocycles. The van der Waals surface area contributed by atoms with Gasteiger partial charge in [0.1, 0.15) is 12.7 Å². The second-order valence-electron chi connectivity index (χ2n) is 1.66. The molecule has 54 valence electrons. The molecule has 1 atom stereocenters. The topological polar surface area (TPSA) is 94.0 Å². The number of aromatic nitrogens is 3. The zero-order valence-corrected chi connectivity index (χ0v) is 5.01. The third-order valence-corrected chi connectivity index (χ3v) is 0.975. The Labute approximate surface area is 56.3 Å². The van der Waals surface area contributed by atoms with Gasteiger partial charge in [-0.15, -0.1) is 0 Å². The Balaban J connectivity index is 2.77. The van der Waals surface area contributed by atoms with E-state index >= 15 is 0 Å². The van der Waals surface area contributed by atoms with E-state index in [1.54, 1.807) is 0 Å². The van der Waals surface area contributed by atoms with Crippen LogP contribution in [-0.4, -0.2) is 25.8 Å². The number of nitrogens with two attached hydrogens (primary N) is 1. The van der Waals surface area contributed by atoms with Crippen LogP contribution in [0.15, 0.2) is 12.7 Å². The molecule has 0 amide bonds. The van der Waals surface area contributed by atoms with Crippen molar-refractivity contribution in [1.29, 1.82) is 0 Å². The summed E-state index contributed by atoms with van der Waals surface area (Å²) in [6.07, 6.45) is 1.34. The van der Waals surface area contributed by atoms with Gasteiger partial charge in [0.15, 0.2) is 6.17 Å². The lowest BCUT2D eigenvalue weighted by atomic mass is 10.5. The molecule has 0 saturated heterocycles. The number of carbonyl (C=O) groups is 1. The van der Waals surface area contributed by atoms with E-state index in [0.29, 0.717) is 0 Å². The first-order chi connectivity index (χ1) is 4.72. The van der Waals surface area contributed by atoms with Crippen LogP contribution >= 0.6 is 0 Å². The second-order valence-corrected chi connectivity index (χ2v) is 1.66. The van der Waals surface area contributed by atoms with Gasteiger partial charge in [-0.2, -0.15) is 5.10 Å². The van der Waals surface area contributed by atoms with Crippen LogP contribution in [0.1, 0.15) is 6.17 Å². The molecule has 0 saturated carbocycles. The van der Waals surface area contributed by atoms with Crippen LogP contribution in [0, 0.1) is 0 Å². The summed E-state index contributed by atoms with van der Waals surface area (Å²) in [5.41, 5.74) is 5.14. The average Bonchev–Trinajstić information content (AvgIpc) is 2.36. The molecule has 0 fully saturated rings. The monoisotopic (exact) mass is 142 g/mol. The minimum atomic E-state index is -1.14. The molecule has 0 spiro atoms. The van der Waals surface area contributed by atoms with Crippen molar-refractivity contribution in [3.8, 4) is 0 Å². The summed E-state index contributed by atoms with van der Waals surface area (Å²) < 4.78 is 1.06. The number of nitrogens with zero attached hydrogens (tertiary/aromatic N) is 3. The first kappa shape index (κ1) is 6.69. The highest BCUT2D eigenvalue weighted by molar-refractivity contribution is 5.70. The van der Waals surface area contributed by atoms with Crippen molar-refractivity contribution in [3.05, 3.63) is 12.7 Å². The third kappa shape index (κ3) is 1.11. The van der Waals surface area contributed by atoms with Crippen LogP contribution in [-0.2, 0) is 4.79 Å². The summed E-state index contributed by atoms with van der Waals surface area (Å²) >= 11 is 0. The van der Waals surface area contributed by atoms with Gasteiger partial charge in [-0.3, -0.25) is 0 Å². The predicted octanol–water partition coefficient (Wildman–Crippen LogP) is -1.18. The quantitative estimate of drug-likeness (QED) is 0.542. The molecule has 0 radical (unpaired) electrons. The fourth-order valence-corrected chi connectivity index (χ4v) is 0.474. The summed E-state index contributed by atoms with van der Waals surface area (Å²) in [5.74, 6) is -1.13. The van der Waals surface area contributed by atoms with E-state index in [-0.39, 0.29) is 0 Å². The molecule has 0 aliphatic rings. The van der Waals surface area contributed by atoms with Gasteiger partial charge < -0.3 is 10.8 Å². The van der Waals surface area contributed by atoms with Crippen molar-refractivity contribution in [2.75, 3.05) is 0 Å². The van der Waals surface area contributed by atoms with E-state index in [9.17, 15) is 4.79 Å². The lowest BCUT2D eigenvalue weighted by Gasteiger charge is -2.03. The van der Waals surface area contributed by atoms with Gasteiger partial charge in [-0.25, -0.2) is 14.5 Å². The molecule has 10 heavy (non-hydrogen) atoms. The minimum Gasteiger partial charge on any atom is -0.479 e. The van der Waals surface area contributed by atoms with Crippen molar-refractivity contribution in [1.82, 2.24) is 14.8 Å². The van der Waals surface area contributed by atoms with Gasteiger partial charge in [-0.1, -0.05) is 0 Å². The molecule has 1 heterocycles. The fourth-order valence-electron chi connectivity index (χ4n) is 0.474. The van der Waals surface area contributed by atoms with Gasteiger partial charge in [0.2, 0.25) is 0 Å². The lowest BCUT2D eigenvalue weighted by Crippen LogP contribution is -2.27. The number of carboxylic acids is 1. The molecular formula is C4H6N4O2. The van der Waals surface area contributed by atoms with Crippen LogP contribution in [0.25, 0.3) is 0 Å². The van der Waals surface area contributed by atoms with Crippen molar-refractivity contribution in [2.24, 2.45) is 5.73 Å². The van der Waals surface area contributed by atoms with Crippen molar-refractivity contribution >= 4 is 5.97 Å². The molecule has 1 aromatic rings. The Morgan fingerprint density at radius 3 is 2.90 bits per heavy atom. The van der Waals surface area contributed by atoms with Crippen molar-refractivity contribution in [3.63, 3.8) is 0 Å². The van der Waals surface area contributed by atoms with Crippen LogP contribution in [0.4, 0.5) is 0 Å². The van der Waals surface area contributed by atoms with Gasteiger partial charge in [-0.05, 0) is 0 Å². The predicted molar refractivity (Wildman–Crippen MR) is 30.9 cm³/mol. The van der Waals surface area contributed by atoms with Crippen molar-refractivity contribution in [2.45, 2.75) is 6.17 Å². The zero-order valence-electron chi connectivity index (χ0n) is 5.01. The van der Waals surface area contributed by atoms with Gasteiger partial charge in [0.05, 0.1) is 0 Å². The molecule has 1 rings (SSSR count). The molecule has 6 heteroatoms. The normalized spacial score (nSPS) is 12.9. The van der Waals surface area contributed by atoms with Crippen LogP contribution in [0.3, 0.4) is 0 Å². The summed E-state index contributed by atoms with van der Waals surface area (Å²) in [6.45, 7) is 0. The lowest BCUT2D eigenvalue weighted by molar-refractivity contribution is -0.141. The third-order valence-electron chi connectivity index (χ3n) is 0.975. The van der Waals surface area contributed by atoms with Gasteiger partial charge in [0, 0.05) is 0 Å². The molecule has 3 N–H and O–H groups in total. The Hall–Kier alpha value is -1.43. The molecule has 0 aromatic carbocycles. The minimum absolute atomic E-state index is 1.06. The van der Waals surface area contributed by atoms with Crippen LogP contribution < -0.4 is 5.73 Å². The molecule has 1 unspecified atom stereocenters. The maximum absolute atomic E-state index is 10.2. The highest BCUT2D eigenvalue weighted by Gasteiger charge is 2.12. The van der Waals surface area contributed by atoms with Gasteiger partial charge in [0.25, 0.3) is 0 Å². The van der Waals surface area contributed by atoms with E-state index < -0.39 is 12.1 Å². The fraction of sp³-hybridized carbons (Fsp3) is 0.250. The first-order valence-corrected chi connectivity index (χ1v) is 2.54. The molecule has 6 nitrogen and oxygen atoms in total. The Morgan fingerprint density at radius 2 is 2.50 bits per heavy atom. The van der Waals surface area contributed by atoms with Gasteiger partial charge >= 0.3 is 5.97 Å².